The van der Waals surface area contributed by atoms with Gasteiger partial charge in [0.25, 0.3) is 0 Å². The molecule has 2 rings (SSSR count). The van der Waals surface area contributed by atoms with Crippen LogP contribution < -0.4 is 5.73 Å². The van der Waals surface area contributed by atoms with Crippen molar-refractivity contribution in [3.8, 4) is 0 Å². The summed E-state index contributed by atoms with van der Waals surface area (Å²) in [6.07, 6.45) is 4.91. The fourth-order valence-corrected chi connectivity index (χ4v) is 3.25. The zero-order valence-electron chi connectivity index (χ0n) is 13.9. The van der Waals surface area contributed by atoms with E-state index in [9.17, 15) is 0 Å². The second kappa shape index (κ2) is 7.99. The lowest BCUT2D eigenvalue weighted by Crippen LogP contribution is -2.49. The van der Waals surface area contributed by atoms with Gasteiger partial charge in [-0.15, -0.1) is 0 Å². The minimum atomic E-state index is 0.495. The van der Waals surface area contributed by atoms with Crippen LogP contribution in [0, 0.1) is 5.92 Å². The Morgan fingerprint density at radius 2 is 1.90 bits per heavy atom. The van der Waals surface area contributed by atoms with Gasteiger partial charge in [0.15, 0.2) is 5.96 Å². The molecular formula is C16H32N4O. The Hall–Kier alpha value is -0.810. The molecule has 0 aromatic carbocycles. The van der Waals surface area contributed by atoms with E-state index in [0.29, 0.717) is 24.0 Å². The molecule has 0 bridgehead atoms. The summed E-state index contributed by atoms with van der Waals surface area (Å²) in [6.45, 7) is 9.12. The second-order valence-corrected chi connectivity index (χ2v) is 6.33. The van der Waals surface area contributed by atoms with Crippen molar-refractivity contribution in [3.05, 3.63) is 0 Å². The molecule has 0 spiro atoms. The zero-order valence-corrected chi connectivity index (χ0v) is 13.9. The van der Waals surface area contributed by atoms with E-state index < -0.39 is 0 Å². The third kappa shape index (κ3) is 4.58. The van der Waals surface area contributed by atoms with Crippen LogP contribution in [0.15, 0.2) is 4.99 Å². The maximum atomic E-state index is 6.15. The Kier molecular flexibility index (Phi) is 6.30. The van der Waals surface area contributed by atoms with Crippen molar-refractivity contribution in [1.29, 1.82) is 0 Å². The fourth-order valence-electron chi connectivity index (χ4n) is 3.25. The van der Waals surface area contributed by atoms with Crippen LogP contribution in [0.4, 0.5) is 0 Å². The summed E-state index contributed by atoms with van der Waals surface area (Å²) in [5.74, 6) is 1.40. The van der Waals surface area contributed by atoms with Crippen molar-refractivity contribution in [1.82, 2.24) is 9.80 Å². The van der Waals surface area contributed by atoms with Crippen molar-refractivity contribution < 1.29 is 4.74 Å². The molecule has 5 heteroatoms. The highest BCUT2D eigenvalue weighted by molar-refractivity contribution is 5.78. The van der Waals surface area contributed by atoms with Gasteiger partial charge in [-0.1, -0.05) is 26.7 Å². The Balaban J connectivity index is 1.98. The number of rotatable bonds is 7. The summed E-state index contributed by atoms with van der Waals surface area (Å²) in [5, 5.41) is 0. The first-order valence-electron chi connectivity index (χ1n) is 8.51. The maximum absolute atomic E-state index is 6.15. The quantitative estimate of drug-likeness (QED) is 0.572. The lowest BCUT2D eigenvalue weighted by molar-refractivity contribution is 0.00392. The Morgan fingerprint density at radius 1 is 1.29 bits per heavy atom. The normalized spacial score (nSPS) is 22.6. The van der Waals surface area contributed by atoms with Crippen molar-refractivity contribution in [2.24, 2.45) is 16.6 Å². The molecule has 2 fully saturated rings. The summed E-state index contributed by atoms with van der Waals surface area (Å²) < 4.78 is 5.49. The van der Waals surface area contributed by atoms with Crippen molar-refractivity contribution in [3.63, 3.8) is 0 Å². The first-order valence-corrected chi connectivity index (χ1v) is 8.51. The lowest BCUT2D eigenvalue weighted by atomic mass is 9.92. The highest BCUT2D eigenvalue weighted by atomic mass is 16.5. The van der Waals surface area contributed by atoms with Crippen LogP contribution in [-0.4, -0.2) is 67.7 Å². The van der Waals surface area contributed by atoms with Gasteiger partial charge in [-0.2, -0.15) is 0 Å². The Bertz CT molecular complexity index is 333. The van der Waals surface area contributed by atoms with Crippen LogP contribution in [0.25, 0.3) is 0 Å². The monoisotopic (exact) mass is 296 g/mol. The predicted octanol–water partition coefficient (Wildman–Crippen LogP) is 1.53. The third-order valence-corrected chi connectivity index (χ3v) is 5.00. The maximum Gasteiger partial charge on any atom is 0.191 e. The second-order valence-electron chi connectivity index (χ2n) is 6.33. The zero-order chi connectivity index (χ0) is 15.2. The fraction of sp³-hybridized carbons (Fsp3) is 0.938. The van der Waals surface area contributed by atoms with Gasteiger partial charge in [0, 0.05) is 32.2 Å². The van der Waals surface area contributed by atoms with E-state index in [1.165, 1.54) is 25.7 Å². The molecule has 0 aromatic heterocycles. The van der Waals surface area contributed by atoms with Crippen LogP contribution in [0.1, 0.15) is 39.5 Å². The third-order valence-electron chi connectivity index (χ3n) is 5.00. The lowest BCUT2D eigenvalue weighted by Gasteiger charge is -2.38. The number of nitrogens with two attached hydrogens (primary N) is 1. The largest absolute Gasteiger partial charge is 0.379 e. The van der Waals surface area contributed by atoms with Gasteiger partial charge in [-0.25, -0.2) is 0 Å². The molecule has 1 saturated heterocycles. The van der Waals surface area contributed by atoms with Gasteiger partial charge in [0.05, 0.1) is 19.8 Å². The van der Waals surface area contributed by atoms with E-state index in [0.717, 1.165) is 32.8 Å². The SMILES string of the molecule is CCC(CC)C(CN=C(N)N(C)C1CC1)N1CCOCC1. The first kappa shape index (κ1) is 16.6. The molecule has 0 amide bonds. The van der Waals surface area contributed by atoms with Gasteiger partial charge >= 0.3 is 0 Å². The van der Waals surface area contributed by atoms with Gasteiger partial charge in [-0.3, -0.25) is 9.89 Å². The minimum Gasteiger partial charge on any atom is -0.379 e. The standard InChI is InChI=1S/C16H32N4O/c1-4-13(5-2)15(20-8-10-21-11-9-20)12-18-16(17)19(3)14-6-7-14/h13-15H,4-12H2,1-3H3,(H2,17,18). The number of hydrogen-bond acceptors (Lipinski definition) is 3. The molecule has 2 N–H and O–H groups in total. The topological polar surface area (TPSA) is 54.1 Å². The van der Waals surface area contributed by atoms with Crippen molar-refractivity contribution in [2.45, 2.75) is 51.6 Å². The van der Waals surface area contributed by atoms with Crippen molar-refractivity contribution in [2.75, 3.05) is 39.9 Å². The summed E-state index contributed by atoms with van der Waals surface area (Å²) in [4.78, 5) is 9.41. The van der Waals surface area contributed by atoms with Gasteiger partial charge in [0.2, 0.25) is 0 Å². The average molecular weight is 296 g/mol. The van der Waals surface area contributed by atoms with Crippen LogP contribution >= 0.6 is 0 Å². The van der Waals surface area contributed by atoms with Crippen LogP contribution in [-0.2, 0) is 4.74 Å². The molecule has 1 aliphatic carbocycles. The molecule has 0 aromatic rings. The van der Waals surface area contributed by atoms with E-state index in [1.54, 1.807) is 0 Å². The smallest absolute Gasteiger partial charge is 0.191 e. The molecule has 122 valence electrons. The Labute approximate surface area is 129 Å². The molecule has 21 heavy (non-hydrogen) atoms. The summed E-state index contributed by atoms with van der Waals surface area (Å²) in [5.41, 5.74) is 6.15. The minimum absolute atomic E-state index is 0.495. The van der Waals surface area contributed by atoms with E-state index >= 15 is 0 Å². The number of morpholine rings is 1. The molecule has 5 nitrogen and oxygen atoms in total. The van der Waals surface area contributed by atoms with Gasteiger partial charge in [0.1, 0.15) is 0 Å². The van der Waals surface area contributed by atoms with Crippen molar-refractivity contribution >= 4 is 5.96 Å². The average Bonchev–Trinajstić information content (AvgIpc) is 3.36. The van der Waals surface area contributed by atoms with E-state index in [-0.39, 0.29) is 0 Å². The number of hydrogen-bond donors (Lipinski definition) is 1. The van der Waals surface area contributed by atoms with E-state index in [2.05, 4.69) is 30.7 Å². The molecule has 0 radical (unpaired) electrons. The predicted molar refractivity (Wildman–Crippen MR) is 87.5 cm³/mol. The van der Waals surface area contributed by atoms with Gasteiger partial charge < -0.3 is 15.4 Å². The summed E-state index contributed by atoms with van der Waals surface area (Å²) >= 11 is 0. The highest BCUT2D eigenvalue weighted by Gasteiger charge is 2.29. The molecule has 1 unspecified atom stereocenters. The number of aliphatic imine (C=N–C) groups is 1. The molecule has 1 aliphatic heterocycles. The van der Waals surface area contributed by atoms with E-state index in [4.69, 9.17) is 15.5 Å². The van der Waals surface area contributed by atoms with Gasteiger partial charge in [-0.05, 0) is 18.8 Å². The molecule has 1 saturated carbocycles. The summed E-state index contributed by atoms with van der Waals surface area (Å²) in [7, 11) is 2.07. The number of nitrogens with zero attached hydrogens (tertiary/aromatic N) is 3. The summed E-state index contributed by atoms with van der Waals surface area (Å²) in [6, 6.07) is 1.12. The molecule has 1 heterocycles. The van der Waals surface area contributed by atoms with E-state index in [1.807, 2.05) is 0 Å². The highest BCUT2D eigenvalue weighted by Crippen LogP contribution is 2.25. The van der Waals surface area contributed by atoms with Crippen LogP contribution in [0.2, 0.25) is 0 Å². The van der Waals surface area contributed by atoms with Crippen LogP contribution in [0.3, 0.4) is 0 Å². The molecule has 1 atom stereocenters. The number of ether oxygens (including phenoxy) is 1. The molecular weight excluding hydrogens is 264 g/mol. The number of guanidine groups is 1. The first-order chi connectivity index (χ1) is 10.2. The molecule has 2 aliphatic rings. The Morgan fingerprint density at radius 3 is 2.43 bits per heavy atom. The van der Waals surface area contributed by atoms with Crippen LogP contribution in [0.5, 0.6) is 0 Å².